The Morgan fingerprint density at radius 3 is 2.62 bits per heavy atom. The van der Waals surface area contributed by atoms with Crippen LogP contribution in [0, 0.1) is 11.6 Å². The molecule has 0 aliphatic rings. The lowest BCUT2D eigenvalue weighted by molar-refractivity contribution is 0.0468. The summed E-state index contributed by atoms with van der Waals surface area (Å²) in [6.45, 7) is -0.0708. The van der Waals surface area contributed by atoms with Crippen LogP contribution in [0.2, 0.25) is 0 Å². The molecule has 0 spiro atoms. The van der Waals surface area contributed by atoms with Gasteiger partial charge in [-0.2, -0.15) is 0 Å². The Balaban J connectivity index is 1.57. The maximum Gasteiger partial charge on any atom is 0.338 e. The van der Waals surface area contributed by atoms with E-state index in [2.05, 4.69) is 10.3 Å². The number of nitrogens with one attached hydrogen (secondary N) is 1. The average molecular weight is 376 g/mol. The van der Waals surface area contributed by atoms with Crippen molar-refractivity contribution >= 4 is 28.1 Å². The number of halogens is 2. The Labute approximate surface area is 152 Å². The normalized spacial score (nSPS) is 10.4. The molecule has 3 aromatic rings. The van der Waals surface area contributed by atoms with Gasteiger partial charge in [0.15, 0.2) is 16.8 Å². The summed E-state index contributed by atoms with van der Waals surface area (Å²) in [5.41, 5.74) is 1.32. The van der Waals surface area contributed by atoms with E-state index in [0.717, 1.165) is 23.6 Å². The molecule has 0 unspecified atom stereocenters. The summed E-state index contributed by atoms with van der Waals surface area (Å²) in [7, 11) is 1.59. The number of aromatic nitrogens is 1. The number of hydrogen-bond donors (Lipinski definition) is 1. The molecule has 5 nitrogen and oxygen atoms in total. The Morgan fingerprint density at radius 1 is 1.15 bits per heavy atom. The maximum absolute atomic E-state index is 13.2. The first-order chi connectivity index (χ1) is 12.5. The van der Waals surface area contributed by atoms with Crippen LogP contribution in [0.15, 0.2) is 47.8 Å². The molecule has 0 bridgehead atoms. The average Bonchev–Trinajstić information content (AvgIpc) is 3.10. The molecule has 0 fully saturated rings. The third kappa shape index (κ3) is 4.34. The van der Waals surface area contributed by atoms with Gasteiger partial charge >= 0.3 is 5.97 Å². The summed E-state index contributed by atoms with van der Waals surface area (Å²) in [5, 5.41) is 5.50. The van der Waals surface area contributed by atoms with Gasteiger partial charge in [-0.1, -0.05) is 0 Å². The van der Waals surface area contributed by atoms with Crippen molar-refractivity contribution in [3.8, 4) is 5.75 Å². The number of nitrogens with zero attached hydrogens (tertiary/aromatic N) is 1. The number of esters is 1. The van der Waals surface area contributed by atoms with Gasteiger partial charge < -0.3 is 14.8 Å². The highest BCUT2D eigenvalue weighted by Gasteiger charge is 2.12. The molecule has 0 saturated carbocycles. The number of methoxy groups -OCH3 is 1. The molecule has 134 valence electrons. The Hall–Kier alpha value is -3.00. The summed E-state index contributed by atoms with van der Waals surface area (Å²) in [6.07, 6.45) is 0. The van der Waals surface area contributed by atoms with E-state index in [-0.39, 0.29) is 12.2 Å². The summed E-state index contributed by atoms with van der Waals surface area (Å²) in [6, 6.07) is 10.2. The predicted molar refractivity (Wildman–Crippen MR) is 93.9 cm³/mol. The molecule has 1 aromatic heterocycles. The molecule has 0 radical (unpaired) electrons. The summed E-state index contributed by atoms with van der Waals surface area (Å²) < 4.78 is 36.2. The van der Waals surface area contributed by atoms with Crippen molar-refractivity contribution in [2.45, 2.75) is 6.61 Å². The largest absolute Gasteiger partial charge is 0.497 e. The van der Waals surface area contributed by atoms with Gasteiger partial charge in [-0.05, 0) is 42.5 Å². The molecule has 3 rings (SSSR count). The molecule has 26 heavy (non-hydrogen) atoms. The minimum Gasteiger partial charge on any atom is -0.497 e. The first kappa shape index (κ1) is 17.8. The molecule has 0 aliphatic carbocycles. The van der Waals surface area contributed by atoms with Crippen LogP contribution in [-0.2, 0) is 11.3 Å². The first-order valence-electron chi connectivity index (χ1n) is 7.53. The van der Waals surface area contributed by atoms with E-state index < -0.39 is 17.6 Å². The number of ether oxygens (including phenoxy) is 2. The molecule has 0 amide bonds. The SMILES string of the molecule is COc1ccc(Nc2nc(COC(=O)c3ccc(F)c(F)c3)cs2)cc1. The minimum absolute atomic E-state index is 0.0595. The number of anilines is 2. The highest BCUT2D eigenvalue weighted by atomic mass is 32.1. The second kappa shape index (κ2) is 7.92. The molecule has 0 saturated heterocycles. The molecule has 1 heterocycles. The van der Waals surface area contributed by atoms with Gasteiger partial charge in [0.25, 0.3) is 0 Å². The van der Waals surface area contributed by atoms with E-state index in [9.17, 15) is 13.6 Å². The number of thiazole rings is 1. The predicted octanol–water partition coefficient (Wildman–Crippen LogP) is 4.53. The Kier molecular flexibility index (Phi) is 5.43. The van der Waals surface area contributed by atoms with E-state index in [1.54, 1.807) is 12.5 Å². The molecular weight excluding hydrogens is 362 g/mol. The van der Waals surface area contributed by atoms with Crippen molar-refractivity contribution in [1.82, 2.24) is 4.98 Å². The van der Waals surface area contributed by atoms with Crippen molar-refractivity contribution in [2.24, 2.45) is 0 Å². The van der Waals surface area contributed by atoms with E-state index in [4.69, 9.17) is 9.47 Å². The quantitative estimate of drug-likeness (QED) is 0.641. The van der Waals surface area contributed by atoms with Crippen molar-refractivity contribution < 1.29 is 23.0 Å². The van der Waals surface area contributed by atoms with Gasteiger partial charge in [0, 0.05) is 11.1 Å². The van der Waals surface area contributed by atoms with E-state index in [1.165, 1.54) is 17.4 Å². The third-order valence-electron chi connectivity index (χ3n) is 3.40. The van der Waals surface area contributed by atoms with Crippen LogP contribution in [0.25, 0.3) is 0 Å². The van der Waals surface area contributed by atoms with Gasteiger partial charge in [0.2, 0.25) is 0 Å². The fourth-order valence-electron chi connectivity index (χ4n) is 2.07. The molecule has 0 atom stereocenters. The Morgan fingerprint density at radius 2 is 1.92 bits per heavy atom. The summed E-state index contributed by atoms with van der Waals surface area (Å²) in [4.78, 5) is 16.2. The van der Waals surface area contributed by atoms with E-state index in [0.29, 0.717) is 10.8 Å². The Bertz CT molecular complexity index is 913. The van der Waals surface area contributed by atoms with Crippen molar-refractivity contribution in [1.29, 1.82) is 0 Å². The van der Waals surface area contributed by atoms with Crippen molar-refractivity contribution in [3.63, 3.8) is 0 Å². The van der Waals surface area contributed by atoms with Gasteiger partial charge in [0.05, 0.1) is 18.4 Å². The fraction of sp³-hybridized carbons (Fsp3) is 0.111. The van der Waals surface area contributed by atoms with Gasteiger partial charge in [0.1, 0.15) is 12.4 Å². The fourth-order valence-corrected chi connectivity index (χ4v) is 2.79. The van der Waals surface area contributed by atoms with Crippen LogP contribution in [0.5, 0.6) is 5.75 Å². The smallest absolute Gasteiger partial charge is 0.338 e. The lowest BCUT2D eigenvalue weighted by atomic mass is 10.2. The topological polar surface area (TPSA) is 60.4 Å². The summed E-state index contributed by atoms with van der Waals surface area (Å²) in [5.74, 6) is -2.12. The maximum atomic E-state index is 13.2. The first-order valence-corrected chi connectivity index (χ1v) is 8.41. The highest BCUT2D eigenvalue weighted by Crippen LogP contribution is 2.23. The number of carbonyl (C=O) groups is 1. The van der Waals surface area contributed by atoms with Crippen LogP contribution in [0.3, 0.4) is 0 Å². The lowest BCUT2D eigenvalue weighted by Gasteiger charge is -2.04. The van der Waals surface area contributed by atoms with Gasteiger partial charge in [-0.25, -0.2) is 18.6 Å². The van der Waals surface area contributed by atoms with Crippen molar-refractivity contribution in [3.05, 3.63) is 70.7 Å². The molecular formula is C18H14F2N2O3S. The van der Waals surface area contributed by atoms with Crippen LogP contribution < -0.4 is 10.1 Å². The number of carbonyl (C=O) groups excluding carboxylic acids is 1. The van der Waals surface area contributed by atoms with Gasteiger partial charge in [-0.15, -0.1) is 11.3 Å². The van der Waals surface area contributed by atoms with Crippen LogP contribution in [-0.4, -0.2) is 18.1 Å². The molecule has 1 N–H and O–H groups in total. The number of rotatable bonds is 6. The van der Waals surface area contributed by atoms with Crippen molar-refractivity contribution in [2.75, 3.05) is 12.4 Å². The zero-order valence-electron chi connectivity index (χ0n) is 13.7. The van der Waals surface area contributed by atoms with E-state index in [1.807, 2.05) is 24.3 Å². The molecule has 0 aliphatic heterocycles. The van der Waals surface area contributed by atoms with E-state index >= 15 is 0 Å². The van der Waals surface area contributed by atoms with Crippen LogP contribution in [0.4, 0.5) is 19.6 Å². The number of hydrogen-bond acceptors (Lipinski definition) is 6. The van der Waals surface area contributed by atoms with Crippen LogP contribution >= 0.6 is 11.3 Å². The highest BCUT2D eigenvalue weighted by molar-refractivity contribution is 7.13. The zero-order chi connectivity index (χ0) is 18.5. The van der Waals surface area contributed by atoms with Crippen LogP contribution in [0.1, 0.15) is 16.1 Å². The zero-order valence-corrected chi connectivity index (χ0v) is 14.5. The second-order valence-electron chi connectivity index (χ2n) is 5.20. The third-order valence-corrected chi connectivity index (χ3v) is 4.21. The summed E-state index contributed by atoms with van der Waals surface area (Å²) >= 11 is 1.35. The second-order valence-corrected chi connectivity index (χ2v) is 6.06. The van der Waals surface area contributed by atoms with Gasteiger partial charge in [-0.3, -0.25) is 0 Å². The standard InChI is InChI=1S/C18H14F2N2O3S/c1-24-14-5-3-12(4-6-14)21-18-22-13(10-26-18)9-25-17(23)11-2-7-15(19)16(20)8-11/h2-8,10H,9H2,1H3,(H,21,22). The number of benzene rings is 2. The monoisotopic (exact) mass is 376 g/mol. The molecule has 2 aromatic carbocycles. The minimum atomic E-state index is -1.10. The molecule has 8 heteroatoms. The lowest BCUT2D eigenvalue weighted by Crippen LogP contribution is -2.06.